The van der Waals surface area contributed by atoms with Crippen molar-refractivity contribution in [2.24, 2.45) is 0 Å². The van der Waals surface area contributed by atoms with Crippen molar-refractivity contribution in [1.29, 1.82) is 0 Å². The zero-order chi connectivity index (χ0) is 16.7. The first-order valence-electron chi connectivity index (χ1n) is 6.89. The van der Waals surface area contributed by atoms with Gasteiger partial charge in [0.25, 0.3) is 0 Å². The minimum absolute atomic E-state index is 0.188. The molecule has 1 amide bonds. The topological polar surface area (TPSA) is 68.3 Å². The van der Waals surface area contributed by atoms with Gasteiger partial charge in [0.1, 0.15) is 5.82 Å². The van der Waals surface area contributed by atoms with Gasteiger partial charge >= 0.3 is 5.97 Å². The van der Waals surface area contributed by atoms with Gasteiger partial charge in [-0.25, -0.2) is 14.2 Å². The number of thioether (sulfide) groups is 1. The number of aromatic nitrogens is 1. The van der Waals surface area contributed by atoms with E-state index < -0.39 is 5.97 Å². The van der Waals surface area contributed by atoms with Crippen LogP contribution in [0, 0.1) is 5.82 Å². The number of halogens is 1. The third kappa shape index (κ3) is 5.65. The number of nitrogens with zero attached hydrogens (tertiary/aromatic N) is 1. The lowest BCUT2D eigenvalue weighted by molar-refractivity contribution is -0.115. The van der Waals surface area contributed by atoms with Gasteiger partial charge in [0, 0.05) is 22.4 Å². The molecule has 0 unspecified atom stereocenters. The third-order valence-corrected chi connectivity index (χ3v) is 4.42. The van der Waals surface area contributed by atoms with Crippen molar-refractivity contribution in [3.8, 4) is 0 Å². The molecule has 23 heavy (non-hydrogen) atoms. The molecule has 0 aliphatic carbocycles. The Bertz CT molecular complexity index is 674. The molecule has 1 aromatic carbocycles. The minimum Gasteiger partial charge on any atom is -0.461 e. The predicted octanol–water partition coefficient (Wildman–Crippen LogP) is 3.58. The van der Waals surface area contributed by atoms with E-state index in [-0.39, 0.29) is 30.4 Å². The number of thiazole rings is 1. The normalized spacial score (nSPS) is 10.3. The Kier molecular flexibility index (Phi) is 6.54. The lowest BCUT2D eigenvalue weighted by Crippen LogP contribution is -2.12. The van der Waals surface area contributed by atoms with Crippen LogP contribution in [0.15, 0.2) is 34.5 Å². The molecule has 122 valence electrons. The zero-order valence-corrected chi connectivity index (χ0v) is 14.0. The van der Waals surface area contributed by atoms with E-state index in [1.165, 1.54) is 35.2 Å². The number of carbonyl (C=O) groups excluding carboxylic acids is 2. The number of nitrogens with one attached hydrogen (secondary N) is 1. The van der Waals surface area contributed by atoms with Crippen LogP contribution in [-0.4, -0.2) is 29.2 Å². The summed E-state index contributed by atoms with van der Waals surface area (Å²) in [7, 11) is 0. The minimum atomic E-state index is -0.504. The Labute approximate surface area is 141 Å². The fourth-order valence-electron chi connectivity index (χ4n) is 1.60. The van der Waals surface area contributed by atoms with Gasteiger partial charge in [-0.2, -0.15) is 0 Å². The number of hydrogen-bond donors (Lipinski definition) is 1. The monoisotopic (exact) mass is 354 g/mol. The van der Waals surface area contributed by atoms with Crippen molar-refractivity contribution in [1.82, 2.24) is 4.98 Å². The second kappa shape index (κ2) is 8.64. The van der Waals surface area contributed by atoms with E-state index in [0.29, 0.717) is 10.9 Å². The summed E-state index contributed by atoms with van der Waals surface area (Å²) in [5.41, 5.74) is 0.188. The highest BCUT2D eigenvalue weighted by Gasteiger charge is 2.13. The van der Waals surface area contributed by atoms with Gasteiger partial charge in [0.15, 0.2) is 10.8 Å². The van der Waals surface area contributed by atoms with Gasteiger partial charge in [0.2, 0.25) is 5.91 Å². The van der Waals surface area contributed by atoms with Crippen LogP contribution in [0.25, 0.3) is 0 Å². The molecule has 0 atom stereocenters. The lowest BCUT2D eigenvalue weighted by Gasteiger charge is -2.02. The summed E-state index contributed by atoms with van der Waals surface area (Å²) in [5, 5.41) is 4.55. The van der Waals surface area contributed by atoms with E-state index in [2.05, 4.69) is 10.3 Å². The molecular weight excluding hydrogens is 339 g/mol. The highest BCUT2D eigenvalue weighted by Crippen LogP contribution is 2.20. The summed E-state index contributed by atoms with van der Waals surface area (Å²) >= 11 is 2.64. The highest BCUT2D eigenvalue weighted by molar-refractivity contribution is 7.99. The Balaban J connectivity index is 1.76. The van der Waals surface area contributed by atoms with Crippen molar-refractivity contribution in [3.63, 3.8) is 0 Å². The first-order valence-corrected chi connectivity index (χ1v) is 8.76. The van der Waals surface area contributed by atoms with Gasteiger partial charge in [-0.3, -0.25) is 4.79 Å². The molecule has 0 bridgehead atoms. The van der Waals surface area contributed by atoms with E-state index in [4.69, 9.17) is 4.74 Å². The maximum absolute atomic E-state index is 12.8. The molecule has 8 heteroatoms. The summed E-state index contributed by atoms with van der Waals surface area (Å²) in [6.45, 7) is 1.99. The number of amides is 1. The first-order chi connectivity index (χ1) is 11.1. The maximum atomic E-state index is 12.8. The quantitative estimate of drug-likeness (QED) is 0.608. The number of carbonyl (C=O) groups is 2. The zero-order valence-electron chi connectivity index (χ0n) is 12.4. The molecule has 0 fully saturated rings. The number of benzene rings is 1. The van der Waals surface area contributed by atoms with Crippen molar-refractivity contribution >= 4 is 40.1 Å². The Hall–Kier alpha value is -1.93. The lowest BCUT2D eigenvalue weighted by atomic mass is 10.4. The molecule has 5 nitrogen and oxygen atoms in total. The molecule has 0 spiro atoms. The van der Waals surface area contributed by atoms with Crippen molar-refractivity contribution in [2.45, 2.75) is 18.2 Å². The van der Waals surface area contributed by atoms with Crippen LogP contribution < -0.4 is 5.32 Å². The number of rotatable bonds is 7. The molecule has 0 aliphatic rings. The maximum Gasteiger partial charge on any atom is 0.357 e. The van der Waals surface area contributed by atoms with Crippen LogP contribution in [0.1, 0.15) is 23.8 Å². The molecule has 0 radical (unpaired) electrons. The second-order valence-corrected chi connectivity index (χ2v) is 6.39. The third-order valence-electron chi connectivity index (χ3n) is 2.65. The van der Waals surface area contributed by atoms with Gasteiger partial charge in [0.05, 0.1) is 6.61 Å². The van der Waals surface area contributed by atoms with E-state index in [1.807, 2.05) is 0 Å². The largest absolute Gasteiger partial charge is 0.461 e. The van der Waals surface area contributed by atoms with Crippen molar-refractivity contribution in [3.05, 3.63) is 41.2 Å². The molecule has 2 aromatic rings. The molecule has 1 heterocycles. The number of anilines is 1. The SMILES string of the molecule is CCOC(=O)c1csc(NC(=O)CCSc2ccc(F)cc2)n1. The first kappa shape index (κ1) is 17.4. The van der Waals surface area contributed by atoms with Crippen LogP contribution in [0.4, 0.5) is 9.52 Å². The number of hydrogen-bond acceptors (Lipinski definition) is 6. The number of ether oxygens (including phenoxy) is 1. The van der Waals surface area contributed by atoms with Crippen LogP contribution in [0.3, 0.4) is 0 Å². The molecule has 0 saturated heterocycles. The summed E-state index contributed by atoms with van der Waals surface area (Å²) in [6, 6.07) is 6.11. The standard InChI is InChI=1S/C15H15FN2O3S2/c1-2-21-14(20)12-9-23-15(17-12)18-13(19)7-8-22-11-5-3-10(16)4-6-11/h3-6,9H,2,7-8H2,1H3,(H,17,18,19). The van der Waals surface area contributed by atoms with Crippen molar-refractivity contribution in [2.75, 3.05) is 17.7 Å². The molecule has 2 rings (SSSR count). The molecule has 0 saturated carbocycles. The molecule has 0 aliphatic heterocycles. The molecule has 1 aromatic heterocycles. The van der Waals surface area contributed by atoms with E-state index >= 15 is 0 Å². The predicted molar refractivity (Wildman–Crippen MR) is 88.4 cm³/mol. The second-order valence-electron chi connectivity index (χ2n) is 4.36. The molecular formula is C15H15FN2O3S2. The molecule has 1 N–H and O–H groups in total. The fourth-order valence-corrected chi connectivity index (χ4v) is 3.15. The van der Waals surface area contributed by atoms with Crippen LogP contribution in [0.2, 0.25) is 0 Å². The van der Waals surface area contributed by atoms with E-state index in [9.17, 15) is 14.0 Å². The smallest absolute Gasteiger partial charge is 0.357 e. The summed E-state index contributed by atoms with van der Waals surface area (Å²) in [6.07, 6.45) is 0.288. The fraction of sp³-hybridized carbons (Fsp3) is 0.267. The average Bonchev–Trinajstić information content (AvgIpc) is 2.98. The van der Waals surface area contributed by atoms with Crippen LogP contribution in [-0.2, 0) is 9.53 Å². The van der Waals surface area contributed by atoms with Crippen LogP contribution in [0.5, 0.6) is 0 Å². The van der Waals surface area contributed by atoms with Gasteiger partial charge < -0.3 is 10.1 Å². The summed E-state index contributed by atoms with van der Waals surface area (Å²) in [4.78, 5) is 28.2. The highest BCUT2D eigenvalue weighted by atomic mass is 32.2. The summed E-state index contributed by atoms with van der Waals surface area (Å²) < 4.78 is 17.6. The summed E-state index contributed by atoms with van der Waals surface area (Å²) in [5.74, 6) is -0.415. The van der Waals surface area contributed by atoms with E-state index in [1.54, 1.807) is 24.4 Å². The Morgan fingerprint density at radius 1 is 1.35 bits per heavy atom. The van der Waals surface area contributed by atoms with Gasteiger partial charge in [-0.15, -0.1) is 23.1 Å². The van der Waals surface area contributed by atoms with Gasteiger partial charge in [-0.1, -0.05) is 0 Å². The van der Waals surface area contributed by atoms with Gasteiger partial charge in [-0.05, 0) is 31.2 Å². The average molecular weight is 354 g/mol. The number of esters is 1. The van der Waals surface area contributed by atoms with E-state index in [0.717, 1.165) is 4.90 Å². The Morgan fingerprint density at radius 3 is 2.78 bits per heavy atom. The van der Waals surface area contributed by atoms with Crippen molar-refractivity contribution < 1.29 is 18.7 Å². The van der Waals surface area contributed by atoms with Crippen LogP contribution >= 0.6 is 23.1 Å². The Morgan fingerprint density at radius 2 is 2.09 bits per heavy atom.